The molecule has 2 N–H and O–H groups in total. The molecule has 2 aliphatic rings. The standard InChI is InChI=1S/C29H31F2N7O3/c1-6-27(39)33-22-11-23(26(40-5)12-24(22)38-14-19(15-38)36(2)3)34-29-32-13-17-9-20(16-37(4)28(17)35-29)41-25-8-7-18(30)10-21(25)31/h6-13,19H,1,14-16H2,2-5H3,(H,33,39)(H,32,34,35). The third-order valence-corrected chi connectivity index (χ3v) is 6.94. The van der Waals surface area contributed by atoms with Gasteiger partial charge in [0.05, 0.1) is 30.7 Å². The van der Waals surface area contributed by atoms with Gasteiger partial charge in [0.2, 0.25) is 11.9 Å². The SMILES string of the molecule is C=CC(=O)Nc1cc(Nc2ncc3c(n2)N(C)CC(Oc2ccc(F)cc2F)=C3)c(OC)cc1N1CC(N(C)C)C1. The summed E-state index contributed by atoms with van der Waals surface area (Å²) in [6.45, 7) is 5.50. The van der Waals surface area contributed by atoms with Crippen molar-refractivity contribution in [2.75, 3.05) is 68.3 Å². The van der Waals surface area contributed by atoms with E-state index in [9.17, 15) is 13.6 Å². The number of fused-ring (bicyclic) bond motifs is 1. The maximum Gasteiger partial charge on any atom is 0.247 e. The number of carbonyl (C=O) groups is 1. The summed E-state index contributed by atoms with van der Waals surface area (Å²) in [7, 11) is 7.48. The van der Waals surface area contributed by atoms with Crippen molar-refractivity contribution in [3.05, 3.63) is 72.1 Å². The Hall–Kier alpha value is -4.71. The fourth-order valence-electron chi connectivity index (χ4n) is 4.62. The number of aromatic nitrogens is 2. The van der Waals surface area contributed by atoms with Crippen molar-refractivity contribution < 1.29 is 23.0 Å². The third kappa shape index (κ3) is 5.92. The lowest BCUT2D eigenvalue weighted by Gasteiger charge is -2.45. The van der Waals surface area contributed by atoms with Crippen molar-refractivity contribution in [3.8, 4) is 11.5 Å². The van der Waals surface area contributed by atoms with Gasteiger partial charge in [-0.3, -0.25) is 4.79 Å². The molecule has 214 valence electrons. The van der Waals surface area contributed by atoms with Crippen LogP contribution in [-0.4, -0.2) is 74.7 Å². The van der Waals surface area contributed by atoms with E-state index in [4.69, 9.17) is 9.47 Å². The number of carbonyl (C=O) groups excluding carboxylic acids is 1. The van der Waals surface area contributed by atoms with E-state index in [1.54, 1.807) is 25.4 Å². The van der Waals surface area contributed by atoms with Crippen LogP contribution in [0.2, 0.25) is 0 Å². The Morgan fingerprint density at radius 3 is 2.63 bits per heavy atom. The average Bonchev–Trinajstić information content (AvgIpc) is 2.90. The molecule has 0 atom stereocenters. The van der Waals surface area contributed by atoms with Crippen LogP contribution in [0, 0.1) is 11.6 Å². The lowest BCUT2D eigenvalue weighted by atomic mass is 10.0. The average molecular weight is 564 g/mol. The zero-order chi connectivity index (χ0) is 29.3. The molecule has 0 spiro atoms. The van der Waals surface area contributed by atoms with Crippen LogP contribution in [0.15, 0.2) is 54.9 Å². The van der Waals surface area contributed by atoms with E-state index in [0.717, 1.165) is 30.9 Å². The van der Waals surface area contributed by atoms with Gasteiger partial charge in [0.25, 0.3) is 0 Å². The van der Waals surface area contributed by atoms with Crippen LogP contribution in [0.3, 0.4) is 0 Å². The first-order chi connectivity index (χ1) is 19.6. The highest BCUT2D eigenvalue weighted by atomic mass is 19.1. The molecule has 1 fully saturated rings. The predicted molar refractivity (Wildman–Crippen MR) is 155 cm³/mol. The van der Waals surface area contributed by atoms with Crippen molar-refractivity contribution in [2.45, 2.75) is 6.04 Å². The van der Waals surface area contributed by atoms with Crippen molar-refractivity contribution in [3.63, 3.8) is 0 Å². The Morgan fingerprint density at radius 2 is 1.95 bits per heavy atom. The topological polar surface area (TPSA) is 95.1 Å². The summed E-state index contributed by atoms with van der Waals surface area (Å²) in [4.78, 5) is 27.5. The third-order valence-electron chi connectivity index (χ3n) is 6.94. The minimum absolute atomic E-state index is 0.0703. The minimum atomic E-state index is -0.787. The fourth-order valence-corrected chi connectivity index (χ4v) is 4.62. The van der Waals surface area contributed by atoms with E-state index < -0.39 is 11.6 Å². The van der Waals surface area contributed by atoms with Gasteiger partial charge < -0.3 is 34.8 Å². The number of benzene rings is 2. The van der Waals surface area contributed by atoms with Crippen LogP contribution >= 0.6 is 0 Å². The van der Waals surface area contributed by atoms with Crippen LogP contribution < -0.4 is 29.9 Å². The summed E-state index contributed by atoms with van der Waals surface area (Å²) in [5.74, 6) is 0.0765. The van der Waals surface area contributed by atoms with Gasteiger partial charge in [-0.25, -0.2) is 13.8 Å². The first kappa shape index (κ1) is 27.8. The Morgan fingerprint density at radius 1 is 1.17 bits per heavy atom. The molecule has 41 heavy (non-hydrogen) atoms. The van der Waals surface area contributed by atoms with Crippen LogP contribution in [-0.2, 0) is 4.79 Å². The number of rotatable bonds is 9. The number of methoxy groups -OCH3 is 1. The molecule has 1 saturated heterocycles. The minimum Gasteiger partial charge on any atom is -0.494 e. The van der Waals surface area contributed by atoms with E-state index in [1.807, 2.05) is 32.1 Å². The second-order valence-corrected chi connectivity index (χ2v) is 10.0. The monoisotopic (exact) mass is 563 g/mol. The first-order valence-electron chi connectivity index (χ1n) is 12.9. The molecule has 0 aliphatic carbocycles. The Bertz CT molecular complexity index is 1520. The molecule has 12 heteroatoms. The largest absolute Gasteiger partial charge is 0.494 e. The summed E-state index contributed by atoms with van der Waals surface area (Å²) in [5, 5.41) is 6.10. The summed E-state index contributed by atoms with van der Waals surface area (Å²) in [5.41, 5.74) is 2.66. The number of anilines is 5. The lowest BCUT2D eigenvalue weighted by molar-refractivity contribution is -0.111. The van der Waals surface area contributed by atoms with Crippen LogP contribution in [0.1, 0.15) is 5.56 Å². The molecule has 0 bridgehead atoms. The molecule has 1 amide bonds. The predicted octanol–water partition coefficient (Wildman–Crippen LogP) is 4.25. The van der Waals surface area contributed by atoms with E-state index in [-0.39, 0.29) is 11.7 Å². The maximum atomic E-state index is 14.1. The molecule has 0 radical (unpaired) electrons. The number of hydrogen-bond donors (Lipinski definition) is 2. The molecule has 0 saturated carbocycles. The molecule has 5 rings (SSSR count). The molecule has 2 aromatic carbocycles. The molecular formula is C29H31F2N7O3. The summed E-state index contributed by atoms with van der Waals surface area (Å²) in [6.07, 6.45) is 4.56. The first-order valence-corrected chi connectivity index (χ1v) is 12.9. The number of likely N-dealkylation sites (N-methyl/N-ethyl adjacent to an activating group) is 2. The van der Waals surface area contributed by atoms with Gasteiger partial charge in [-0.1, -0.05) is 6.58 Å². The molecule has 10 nitrogen and oxygen atoms in total. The van der Waals surface area contributed by atoms with Crippen molar-refractivity contribution in [1.82, 2.24) is 14.9 Å². The van der Waals surface area contributed by atoms with Crippen LogP contribution in [0.4, 0.5) is 37.6 Å². The van der Waals surface area contributed by atoms with E-state index in [1.165, 1.54) is 12.1 Å². The van der Waals surface area contributed by atoms with Crippen LogP contribution in [0.5, 0.6) is 11.5 Å². The van der Waals surface area contributed by atoms with Gasteiger partial charge in [-0.2, -0.15) is 4.98 Å². The zero-order valence-corrected chi connectivity index (χ0v) is 23.2. The molecule has 1 aromatic heterocycles. The van der Waals surface area contributed by atoms with Gasteiger partial charge in [-0.15, -0.1) is 0 Å². The smallest absolute Gasteiger partial charge is 0.247 e. The number of hydrogen-bond acceptors (Lipinski definition) is 9. The molecule has 3 aromatic rings. The molecular weight excluding hydrogens is 532 g/mol. The summed E-state index contributed by atoms with van der Waals surface area (Å²) >= 11 is 0. The molecule has 0 unspecified atom stereocenters. The summed E-state index contributed by atoms with van der Waals surface area (Å²) in [6, 6.07) is 7.23. The summed E-state index contributed by atoms with van der Waals surface area (Å²) < 4.78 is 38.7. The van der Waals surface area contributed by atoms with Crippen molar-refractivity contribution >= 4 is 40.8 Å². The second kappa shape index (κ2) is 11.4. The van der Waals surface area contributed by atoms with E-state index in [2.05, 4.69) is 37.0 Å². The van der Waals surface area contributed by atoms with E-state index >= 15 is 0 Å². The highest BCUT2D eigenvalue weighted by Gasteiger charge is 2.31. The Balaban J connectivity index is 1.41. The molecule has 3 heterocycles. The van der Waals surface area contributed by atoms with Crippen LogP contribution in [0.25, 0.3) is 6.08 Å². The highest BCUT2D eigenvalue weighted by Crippen LogP contribution is 2.40. The van der Waals surface area contributed by atoms with Gasteiger partial charge in [0.1, 0.15) is 23.1 Å². The van der Waals surface area contributed by atoms with Gasteiger partial charge in [0.15, 0.2) is 11.6 Å². The van der Waals surface area contributed by atoms with Crippen molar-refractivity contribution in [1.29, 1.82) is 0 Å². The second-order valence-electron chi connectivity index (χ2n) is 10.0. The number of ether oxygens (including phenoxy) is 2. The Kier molecular flexibility index (Phi) is 7.75. The van der Waals surface area contributed by atoms with Gasteiger partial charge in [0, 0.05) is 50.1 Å². The van der Waals surface area contributed by atoms with E-state index in [0.29, 0.717) is 52.8 Å². The number of halogens is 2. The normalized spacial score (nSPS) is 14.7. The maximum absolute atomic E-state index is 14.1. The lowest BCUT2D eigenvalue weighted by Crippen LogP contribution is -2.57. The Labute approximate surface area is 236 Å². The number of nitrogens with zero attached hydrogens (tertiary/aromatic N) is 5. The highest BCUT2D eigenvalue weighted by molar-refractivity contribution is 6.02. The molecule has 2 aliphatic heterocycles. The fraction of sp³-hybridized carbons (Fsp3) is 0.276. The van der Waals surface area contributed by atoms with Gasteiger partial charge >= 0.3 is 0 Å². The van der Waals surface area contributed by atoms with Crippen molar-refractivity contribution in [2.24, 2.45) is 0 Å². The zero-order valence-electron chi connectivity index (χ0n) is 23.2. The number of amides is 1. The quantitative estimate of drug-likeness (QED) is 0.371. The number of nitrogens with one attached hydrogen (secondary N) is 2. The van der Waals surface area contributed by atoms with Gasteiger partial charge in [-0.05, 0) is 44.4 Å².